The van der Waals surface area contributed by atoms with Crippen molar-refractivity contribution in [2.24, 2.45) is 10.8 Å². The van der Waals surface area contributed by atoms with Crippen molar-refractivity contribution in [1.29, 1.82) is 0 Å². The fourth-order valence-electron chi connectivity index (χ4n) is 5.81. The molecule has 5 heteroatoms. The number of aliphatic hydroxyl groups is 1. The van der Waals surface area contributed by atoms with Crippen molar-refractivity contribution < 1.29 is 24.4 Å². The summed E-state index contributed by atoms with van der Waals surface area (Å²) in [4.78, 5) is 3.23. The highest BCUT2D eigenvalue weighted by atomic mass is 16.7. The van der Waals surface area contributed by atoms with Crippen LogP contribution in [0.4, 0.5) is 0 Å². The second-order valence-corrected chi connectivity index (χ2v) is 8.28. The molecule has 0 amide bonds. The van der Waals surface area contributed by atoms with Crippen LogP contribution in [-0.2, 0) is 0 Å². The van der Waals surface area contributed by atoms with Crippen LogP contribution >= 0.6 is 0 Å². The third kappa shape index (κ3) is 1.54. The van der Waals surface area contributed by atoms with Crippen molar-refractivity contribution >= 4 is 0 Å². The van der Waals surface area contributed by atoms with Gasteiger partial charge in [-0.1, -0.05) is 0 Å². The maximum absolute atomic E-state index is 10.8. The Morgan fingerprint density at radius 2 is 1.59 bits per heavy atom. The highest BCUT2D eigenvalue weighted by Gasteiger charge is 2.68. The summed E-state index contributed by atoms with van der Waals surface area (Å²) in [6.45, 7) is 9.12. The lowest BCUT2D eigenvalue weighted by atomic mass is 9.60. The molecule has 5 aliphatic heterocycles. The number of hydrogen-bond donors (Lipinski definition) is 3. The molecule has 3 N–H and O–H groups in total. The number of aliphatic hydroxyl groups excluding tert-OH is 1. The minimum absolute atomic E-state index is 0.0583. The lowest BCUT2D eigenvalue weighted by molar-refractivity contribution is -1.19. The molecule has 0 saturated carbocycles. The summed E-state index contributed by atoms with van der Waals surface area (Å²) < 4.78 is 11.0. The molecule has 1 aromatic rings. The Hall–Kier alpha value is -1.30. The molecule has 4 saturated heterocycles. The number of ether oxygens (including phenoxy) is 2. The van der Waals surface area contributed by atoms with Gasteiger partial charge in [0.05, 0.1) is 48.7 Å². The largest absolute Gasteiger partial charge is 0.454 e. The van der Waals surface area contributed by atoms with Crippen molar-refractivity contribution in [3.63, 3.8) is 0 Å². The lowest BCUT2D eigenvalue weighted by Crippen LogP contribution is -3.41. The van der Waals surface area contributed by atoms with Crippen LogP contribution in [0.15, 0.2) is 18.2 Å². The Labute approximate surface area is 130 Å². The first-order chi connectivity index (χ1) is 10.5. The van der Waals surface area contributed by atoms with E-state index in [-0.39, 0.29) is 16.9 Å². The summed E-state index contributed by atoms with van der Waals surface area (Å²) >= 11 is 0. The minimum atomic E-state index is -0.162. The number of fused-ring (bicyclic) bond motifs is 1. The van der Waals surface area contributed by atoms with E-state index in [1.165, 1.54) is 5.56 Å². The van der Waals surface area contributed by atoms with Crippen LogP contribution in [0.2, 0.25) is 0 Å². The van der Waals surface area contributed by atoms with Gasteiger partial charge in [0.15, 0.2) is 11.5 Å². The molecule has 4 fully saturated rings. The minimum Gasteiger partial charge on any atom is -0.454 e. The molecule has 0 aromatic heterocycles. The maximum Gasteiger partial charge on any atom is 0.240 e. The molecule has 5 aliphatic rings. The van der Waals surface area contributed by atoms with Gasteiger partial charge in [-0.2, -0.15) is 0 Å². The normalized spacial score (nSPS) is 48.0. The Kier molecular flexibility index (Phi) is 2.37. The van der Waals surface area contributed by atoms with E-state index in [0.717, 1.165) is 37.7 Å². The van der Waals surface area contributed by atoms with Crippen LogP contribution in [0.25, 0.3) is 0 Å². The fraction of sp³-hybridized carbons (Fsp3) is 0.647. The predicted octanol–water partition coefficient (Wildman–Crippen LogP) is -1.40. The molecule has 5 heterocycles. The zero-order valence-corrected chi connectivity index (χ0v) is 13.2. The average molecular weight is 304 g/mol. The molecule has 118 valence electrons. The smallest absolute Gasteiger partial charge is 0.240 e. The van der Waals surface area contributed by atoms with Gasteiger partial charge in [-0.25, -0.2) is 0 Å². The summed E-state index contributed by atoms with van der Waals surface area (Å²) in [5, 5.41) is 10.8. The van der Waals surface area contributed by atoms with Crippen molar-refractivity contribution in [3.05, 3.63) is 23.8 Å². The van der Waals surface area contributed by atoms with Gasteiger partial charge in [-0.15, -0.1) is 0 Å². The van der Waals surface area contributed by atoms with Gasteiger partial charge in [0.2, 0.25) is 13.0 Å². The quantitative estimate of drug-likeness (QED) is 0.598. The lowest BCUT2D eigenvalue weighted by Gasteiger charge is -2.62. The van der Waals surface area contributed by atoms with Crippen LogP contribution in [0.1, 0.15) is 25.6 Å². The molecule has 0 unspecified atom stereocenters. The van der Waals surface area contributed by atoms with E-state index in [4.69, 9.17) is 9.47 Å². The Balaban J connectivity index is 1.53. The number of hydrogen-bond acceptors (Lipinski definition) is 3. The molecule has 0 spiro atoms. The third-order valence-corrected chi connectivity index (χ3v) is 6.39. The SMILES string of the molecule is CC12C[NH+]3CC(C)(C[NH+](C1)C3c1ccc3c(c1)OCO3)C2O. The number of quaternary nitrogens is 2. The summed E-state index contributed by atoms with van der Waals surface area (Å²) in [6.07, 6.45) is 0.299. The van der Waals surface area contributed by atoms with Gasteiger partial charge in [0.25, 0.3) is 0 Å². The Bertz CT molecular complexity index is 609. The number of rotatable bonds is 1. The molecule has 22 heavy (non-hydrogen) atoms. The van der Waals surface area contributed by atoms with Gasteiger partial charge >= 0.3 is 0 Å². The third-order valence-electron chi connectivity index (χ3n) is 6.39. The van der Waals surface area contributed by atoms with Gasteiger partial charge < -0.3 is 14.6 Å². The molecule has 5 nitrogen and oxygen atoms in total. The number of piperidine rings is 2. The zero-order chi connectivity index (χ0) is 15.1. The predicted molar refractivity (Wildman–Crippen MR) is 78.9 cm³/mol. The van der Waals surface area contributed by atoms with E-state index in [1.807, 2.05) is 6.07 Å². The fourth-order valence-corrected chi connectivity index (χ4v) is 5.81. The highest BCUT2D eigenvalue weighted by Crippen LogP contribution is 2.40. The molecule has 0 aliphatic carbocycles. The highest BCUT2D eigenvalue weighted by molar-refractivity contribution is 5.44. The van der Waals surface area contributed by atoms with E-state index >= 15 is 0 Å². The van der Waals surface area contributed by atoms with Crippen molar-refractivity contribution in [2.45, 2.75) is 26.1 Å². The standard InChI is InChI=1S/C17H22N2O3/c1-16-6-18-8-17(2,15(16)20)9-19(7-16)14(18)11-3-4-12-13(5-11)22-10-21-12/h3-5,14-15,20H,6-10H2,1-2H3/p+2. The molecule has 4 bridgehead atoms. The van der Waals surface area contributed by atoms with Crippen molar-refractivity contribution in [1.82, 2.24) is 0 Å². The van der Waals surface area contributed by atoms with Crippen LogP contribution < -0.4 is 19.3 Å². The van der Waals surface area contributed by atoms with Crippen LogP contribution in [-0.4, -0.2) is 44.2 Å². The average Bonchev–Trinajstić information content (AvgIpc) is 2.91. The maximum atomic E-state index is 10.8. The molecular weight excluding hydrogens is 280 g/mol. The van der Waals surface area contributed by atoms with E-state index in [2.05, 4.69) is 26.0 Å². The molecule has 0 atom stereocenters. The summed E-state index contributed by atoms with van der Waals surface area (Å²) in [5.41, 5.74) is 1.46. The van der Waals surface area contributed by atoms with Gasteiger partial charge in [0.1, 0.15) is 0 Å². The number of nitrogens with one attached hydrogen (secondary N) is 2. The number of benzene rings is 1. The van der Waals surface area contributed by atoms with E-state index in [9.17, 15) is 5.11 Å². The summed E-state index contributed by atoms with van der Waals surface area (Å²) in [6, 6.07) is 6.40. The second-order valence-electron chi connectivity index (χ2n) is 8.28. The first kappa shape index (κ1) is 13.2. The monoisotopic (exact) mass is 304 g/mol. The molecular formula is C17H24N2O3+2. The van der Waals surface area contributed by atoms with Crippen LogP contribution in [0.3, 0.4) is 0 Å². The second kappa shape index (κ2) is 3.96. The van der Waals surface area contributed by atoms with E-state index in [0.29, 0.717) is 13.0 Å². The van der Waals surface area contributed by atoms with Crippen LogP contribution in [0.5, 0.6) is 11.5 Å². The Morgan fingerprint density at radius 1 is 1.00 bits per heavy atom. The molecule has 1 aromatic carbocycles. The summed E-state index contributed by atoms with van der Waals surface area (Å²) in [5.74, 6) is 1.74. The van der Waals surface area contributed by atoms with E-state index < -0.39 is 0 Å². The van der Waals surface area contributed by atoms with Crippen molar-refractivity contribution in [3.8, 4) is 11.5 Å². The van der Waals surface area contributed by atoms with Gasteiger partial charge in [-0.3, -0.25) is 9.80 Å². The summed E-state index contributed by atoms with van der Waals surface area (Å²) in [7, 11) is 0. The first-order valence-corrected chi connectivity index (χ1v) is 8.25. The van der Waals surface area contributed by atoms with Crippen LogP contribution in [0, 0.1) is 10.8 Å². The zero-order valence-electron chi connectivity index (χ0n) is 13.2. The first-order valence-electron chi connectivity index (χ1n) is 8.25. The van der Waals surface area contributed by atoms with Gasteiger partial charge in [-0.05, 0) is 32.0 Å². The topological polar surface area (TPSA) is 47.6 Å². The molecule has 6 rings (SSSR count). The van der Waals surface area contributed by atoms with Gasteiger partial charge in [0, 0.05) is 0 Å². The Morgan fingerprint density at radius 3 is 2.23 bits per heavy atom. The molecule has 0 radical (unpaired) electrons. The van der Waals surface area contributed by atoms with E-state index in [1.54, 1.807) is 9.80 Å². The van der Waals surface area contributed by atoms with Crippen molar-refractivity contribution in [2.75, 3.05) is 33.0 Å².